The van der Waals surface area contributed by atoms with E-state index in [0.717, 1.165) is 73.2 Å². The molecule has 0 bridgehead atoms. The predicted molar refractivity (Wildman–Crippen MR) is 172 cm³/mol. The average molecular weight is 551 g/mol. The lowest BCUT2D eigenvalue weighted by Crippen LogP contribution is -2.04. The van der Waals surface area contributed by atoms with Crippen LogP contribution in [0.2, 0.25) is 0 Å². The van der Waals surface area contributed by atoms with Gasteiger partial charge >= 0.3 is 0 Å². The Hall–Kier alpha value is -6.04. The summed E-state index contributed by atoms with van der Waals surface area (Å²) in [6, 6.07) is 37.5. The van der Waals surface area contributed by atoms with Gasteiger partial charge in [-0.05, 0) is 61.4 Å². The van der Waals surface area contributed by atoms with Crippen LogP contribution in [0.5, 0.6) is 0 Å². The molecule has 0 N–H and O–H groups in total. The average Bonchev–Trinajstić information content (AvgIpc) is 3.72. The third-order valence-electron chi connectivity index (χ3n) is 8.87. The van der Waals surface area contributed by atoms with Crippen LogP contribution >= 0.6 is 0 Å². The molecule has 3 aromatic heterocycles. The molecule has 1 aliphatic rings. The lowest BCUT2D eigenvalue weighted by Gasteiger charge is -2.15. The zero-order chi connectivity index (χ0) is 28.7. The molecule has 200 valence electrons. The van der Waals surface area contributed by atoms with Crippen LogP contribution in [0.4, 0.5) is 0 Å². The molecule has 5 nitrogen and oxygen atoms in total. The van der Waals surface area contributed by atoms with Crippen molar-refractivity contribution in [3.05, 3.63) is 126 Å². The third-order valence-corrected chi connectivity index (χ3v) is 8.87. The molecule has 0 radical (unpaired) electrons. The Morgan fingerprint density at radius 1 is 0.605 bits per heavy atom. The summed E-state index contributed by atoms with van der Waals surface area (Å²) in [5, 5.41) is 26.5. The molecule has 0 aliphatic heterocycles. The molecule has 0 fully saturated rings. The quantitative estimate of drug-likeness (QED) is 0.215. The van der Waals surface area contributed by atoms with Gasteiger partial charge in [-0.25, -0.2) is 0 Å². The zero-order valence-electron chi connectivity index (χ0n) is 23.0. The van der Waals surface area contributed by atoms with Gasteiger partial charge in [0.25, 0.3) is 0 Å². The van der Waals surface area contributed by atoms with Crippen LogP contribution in [-0.2, 0) is 6.42 Å². The Kier molecular flexibility index (Phi) is 4.80. The summed E-state index contributed by atoms with van der Waals surface area (Å²) in [5.41, 5.74) is 8.33. The number of nitriles is 2. The first-order chi connectivity index (χ1) is 21.3. The Labute approximate surface area is 246 Å². The summed E-state index contributed by atoms with van der Waals surface area (Å²) >= 11 is 0. The second-order valence-corrected chi connectivity index (χ2v) is 11.1. The van der Waals surface area contributed by atoms with Gasteiger partial charge in [0.1, 0.15) is 23.5 Å². The number of hydrogen-bond donors (Lipinski definition) is 0. The van der Waals surface area contributed by atoms with Crippen LogP contribution in [0.3, 0.4) is 0 Å². The summed E-state index contributed by atoms with van der Waals surface area (Å²) in [4.78, 5) is 0. The molecule has 3 heterocycles. The second kappa shape index (κ2) is 8.73. The fraction of sp³-hybridized carbons (Fsp3) is 0.0526. The van der Waals surface area contributed by atoms with Crippen molar-refractivity contribution in [2.75, 3.05) is 0 Å². The van der Waals surface area contributed by atoms with Gasteiger partial charge in [0.15, 0.2) is 0 Å². The standard InChI is InChI=1S/C38H22N4O/c39-21-23-20-35(24(22-40)19-34(23)41-30-13-5-1-9-25(30)26-10-2-6-14-31(26)41)42-32-15-7-3-12-29(32)37-33(42)18-17-28-27-11-4-8-16-36(27)43-38(28)37/h1-3,5-10,12-20H,4,11H2. The zero-order valence-corrected chi connectivity index (χ0v) is 23.0. The third kappa shape index (κ3) is 3.14. The SMILES string of the molecule is N#Cc1cc(-n2c3ccccc3c3c4oc5c(c4ccc32)CCC=C5)c(C#N)cc1-n1c2ccccc2c2ccccc21. The van der Waals surface area contributed by atoms with Crippen LogP contribution in [0.15, 0.2) is 108 Å². The van der Waals surface area contributed by atoms with Crippen molar-refractivity contribution in [3.63, 3.8) is 0 Å². The molecule has 0 saturated heterocycles. The highest BCUT2D eigenvalue weighted by Crippen LogP contribution is 2.42. The van der Waals surface area contributed by atoms with Crippen LogP contribution in [-0.4, -0.2) is 9.13 Å². The number of aromatic nitrogens is 2. The molecular weight excluding hydrogens is 528 g/mol. The van der Waals surface area contributed by atoms with Crippen molar-refractivity contribution < 1.29 is 4.42 Å². The number of aryl methyl sites for hydroxylation is 1. The van der Waals surface area contributed by atoms with Crippen LogP contribution in [0, 0.1) is 22.7 Å². The van der Waals surface area contributed by atoms with Gasteiger partial charge in [-0.15, -0.1) is 0 Å². The molecule has 1 aliphatic carbocycles. The Bertz CT molecular complexity index is 2540. The van der Waals surface area contributed by atoms with Gasteiger partial charge in [0, 0.05) is 27.1 Å². The molecule has 5 heteroatoms. The summed E-state index contributed by atoms with van der Waals surface area (Å²) < 4.78 is 10.7. The summed E-state index contributed by atoms with van der Waals surface area (Å²) in [5.74, 6) is 0.922. The largest absolute Gasteiger partial charge is 0.456 e. The van der Waals surface area contributed by atoms with Crippen molar-refractivity contribution in [3.8, 4) is 23.5 Å². The Morgan fingerprint density at radius 2 is 1.16 bits per heavy atom. The molecule has 0 unspecified atom stereocenters. The van der Waals surface area contributed by atoms with E-state index in [9.17, 15) is 10.5 Å². The van der Waals surface area contributed by atoms with Gasteiger partial charge < -0.3 is 13.6 Å². The highest BCUT2D eigenvalue weighted by Gasteiger charge is 2.24. The maximum atomic E-state index is 10.6. The van der Waals surface area contributed by atoms with Crippen LogP contribution < -0.4 is 0 Å². The summed E-state index contributed by atoms with van der Waals surface area (Å²) in [6.45, 7) is 0. The number of hydrogen-bond acceptors (Lipinski definition) is 3. The Balaban J connectivity index is 1.38. The molecule has 8 aromatic rings. The number of fused-ring (bicyclic) bond motifs is 10. The summed E-state index contributed by atoms with van der Waals surface area (Å²) in [6.07, 6.45) is 6.19. The van der Waals surface area contributed by atoms with Crippen molar-refractivity contribution in [2.45, 2.75) is 12.8 Å². The van der Waals surface area contributed by atoms with E-state index in [1.54, 1.807) is 0 Å². The predicted octanol–water partition coefficient (Wildman–Crippen LogP) is 9.33. The van der Waals surface area contributed by atoms with E-state index in [1.165, 1.54) is 5.56 Å². The van der Waals surface area contributed by atoms with Gasteiger partial charge in [-0.1, -0.05) is 60.7 Å². The smallest absolute Gasteiger partial charge is 0.145 e. The minimum absolute atomic E-state index is 0.486. The van der Waals surface area contributed by atoms with Crippen molar-refractivity contribution in [1.82, 2.24) is 9.13 Å². The van der Waals surface area contributed by atoms with Gasteiger partial charge in [-0.2, -0.15) is 10.5 Å². The van der Waals surface area contributed by atoms with E-state index in [-0.39, 0.29) is 0 Å². The molecule has 43 heavy (non-hydrogen) atoms. The minimum atomic E-state index is 0.486. The van der Waals surface area contributed by atoms with E-state index < -0.39 is 0 Å². The molecule has 0 atom stereocenters. The first-order valence-electron chi connectivity index (χ1n) is 14.4. The fourth-order valence-electron chi connectivity index (χ4n) is 7.05. The number of para-hydroxylation sites is 3. The van der Waals surface area contributed by atoms with Crippen molar-refractivity contribution >= 4 is 60.7 Å². The summed E-state index contributed by atoms with van der Waals surface area (Å²) in [7, 11) is 0. The number of allylic oxidation sites excluding steroid dienone is 1. The molecule has 5 aromatic carbocycles. The normalized spacial score (nSPS) is 12.8. The minimum Gasteiger partial charge on any atom is -0.456 e. The monoisotopic (exact) mass is 550 g/mol. The number of nitrogens with zero attached hydrogens (tertiary/aromatic N) is 4. The fourth-order valence-corrected chi connectivity index (χ4v) is 7.05. The van der Waals surface area contributed by atoms with Crippen molar-refractivity contribution in [2.24, 2.45) is 0 Å². The highest BCUT2D eigenvalue weighted by atomic mass is 16.3. The topological polar surface area (TPSA) is 70.6 Å². The first kappa shape index (κ1) is 23.6. The Morgan fingerprint density at radius 3 is 1.79 bits per heavy atom. The van der Waals surface area contributed by atoms with E-state index >= 15 is 0 Å². The number of benzene rings is 5. The van der Waals surface area contributed by atoms with E-state index in [2.05, 4.69) is 82.0 Å². The number of furan rings is 1. The highest BCUT2D eigenvalue weighted by molar-refractivity contribution is 6.20. The first-order valence-corrected chi connectivity index (χ1v) is 14.4. The molecular formula is C38H22N4O. The van der Waals surface area contributed by atoms with E-state index in [1.807, 2.05) is 48.5 Å². The maximum absolute atomic E-state index is 10.6. The molecule has 0 saturated carbocycles. The molecule has 9 rings (SSSR count). The molecule has 0 amide bonds. The lowest BCUT2D eigenvalue weighted by atomic mass is 10.00. The van der Waals surface area contributed by atoms with Gasteiger partial charge in [0.05, 0.1) is 50.0 Å². The van der Waals surface area contributed by atoms with Crippen LogP contribution in [0.25, 0.3) is 72.0 Å². The molecule has 0 spiro atoms. The van der Waals surface area contributed by atoms with Crippen molar-refractivity contribution in [1.29, 1.82) is 10.5 Å². The maximum Gasteiger partial charge on any atom is 0.145 e. The van der Waals surface area contributed by atoms with Gasteiger partial charge in [-0.3, -0.25) is 0 Å². The van der Waals surface area contributed by atoms with E-state index in [0.29, 0.717) is 22.5 Å². The van der Waals surface area contributed by atoms with E-state index in [4.69, 9.17) is 4.42 Å². The lowest BCUT2D eigenvalue weighted by molar-refractivity contribution is 0.598. The van der Waals surface area contributed by atoms with Gasteiger partial charge in [0.2, 0.25) is 0 Å². The number of rotatable bonds is 2. The second-order valence-electron chi connectivity index (χ2n) is 11.1. The van der Waals surface area contributed by atoms with Crippen LogP contribution in [0.1, 0.15) is 28.9 Å².